The van der Waals surface area contributed by atoms with E-state index < -0.39 is 5.79 Å². The summed E-state index contributed by atoms with van der Waals surface area (Å²) in [4.78, 5) is 11.2. The number of rotatable bonds is 3. The second-order valence-electron chi connectivity index (χ2n) is 4.56. The second-order valence-corrected chi connectivity index (χ2v) is 4.56. The molecule has 0 radical (unpaired) electrons. The van der Waals surface area contributed by atoms with Crippen LogP contribution in [0, 0.1) is 0 Å². The molecule has 2 rings (SSSR count). The van der Waals surface area contributed by atoms with Crippen molar-refractivity contribution in [2.24, 2.45) is 0 Å². The molecule has 0 amide bonds. The number of methoxy groups -OCH3 is 1. The van der Waals surface area contributed by atoms with Crippen molar-refractivity contribution in [3.8, 4) is 0 Å². The van der Waals surface area contributed by atoms with Crippen LogP contribution in [0.1, 0.15) is 30.9 Å². The van der Waals surface area contributed by atoms with Crippen molar-refractivity contribution in [3.05, 3.63) is 35.4 Å². The van der Waals surface area contributed by atoms with Crippen LogP contribution in [0.3, 0.4) is 0 Å². The molecule has 1 aromatic carbocycles. The lowest BCUT2D eigenvalue weighted by Gasteiger charge is -2.27. The van der Waals surface area contributed by atoms with Gasteiger partial charge in [0.25, 0.3) is 0 Å². The quantitative estimate of drug-likeness (QED) is 0.773. The number of carbonyl (C=O) groups excluding carboxylic acids is 1. The molecule has 0 unspecified atom stereocenters. The molecule has 0 saturated heterocycles. The lowest BCUT2D eigenvalue weighted by Crippen LogP contribution is -2.31. The van der Waals surface area contributed by atoms with Gasteiger partial charge in [0.15, 0.2) is 5.79 Å². The molecule has 0 N–H and O–H groups in total. The first-order chi connectivity index (χ1) is 8.63. The van der Waals surface area contributed by atoms with Crippen LogP contribution in [-0.2, 0) is 32.2 Å². The van der Waals surface area contributed by atoms with Gasteiger partial charge in [0.05, 0.1) is 26.7 Å². The Hall–Kier alpha value is -1.39. The highest BCUT2D eigenvalue weighted by Crippen LogP contribution is 2.28. The summed E-state index contributed by atoms with van der Waals surface area (Å²) in [6.07, 6.45) is 0.789. The summed E-state index contributed by atoms with van der Waals surface area (Å²) in [6.45, 7) is 2.88. The minimum atomic E-state index is -0.729. The molecule has 1 aliphatic heterocycles. The molecule has 0 bridgehead atoms. The van der Waals surface area contributed by atoms with E-state index in [9.17, 15) is 4.79 Å². The smallest absolute Gasteiger partial charge is 0.305 e. The first kappa shape index (κ1) is 13.1. The maximum absolute atomic E-state index is 11.2. The van der Waals surface area contributed by atoms with Crippen LogP contribution in [0.4, 0.5) is 0 Å². The Bertz CT molecular complexity index is 401. The van der Waals surface area contributed by atoms with E-state index in [4.69, 9.17) is 9.47 Å². The maximum atomic E-state index is 11.2. The van der Waals surface area contributed by atoms with Crippen LogP contribution in [-0.4, -0.2) is 18.9 Å². The van der Waals surface area contributed by atoms with Gasteiger partial charge in [-0.25, -0.2) is 0 Å². The van der Waals surface area contributed by atoms with E-state index >= 15 is 0 Å². The summed E-state index contributed by atoms with van der Waals surface area (Å²) in [6, 6.07) is 8.04. The number of hydrogen-bond donors (Lipinski definition) is 0. The first-order valence-corrected chi connectivity index (χ1v) is 6.04. The minimum absolute atomic E-state index is 0.245. The Labute approximate surface area is 107 Å². The van der Waals surface area contributed by atoms with E-state index in [1.54, 1.807) is 0 Å². The predicted molar refractivity (Wildman–Crippen MR) is 65.7 cm³/mol. The molecule has 0 saturated carbocycles. The third-order valence-electron chi connectivity index (χ3n) is 3.20. The number of benzene rings is 1. The van der Waals surface area contributed by atoms with Crippen LogP contribution >= 0.6 is 0 Å². The fourth-order valence-corrected chi connectivity index (χ4v) is 1.92. The Morgan fingerprint density at radius 1 is 1.28 bits per heavy atom. The van der Waals surface area contributed by atoms with Crippen molar-refractivity contribution in [1.29, 1.82) is 0 Å². The third-order valence-corrected chi connectivity index (χ3v) is 3.20. The van der Waals surface area contributed by atoms with E-state index in [2.05, 4.69) is 4.74 Å². The maximum Gasteiger partial charge on any atom is 0.305 e. The van der Waals surface area contributed by atoms with Crippen molar-refractivity contribution in [2.45, 2.75) is 38.8 Å². The van der Waals surface area contributed by atoms with Gasteiger partial charge in [-0.1, -0.05) is 24.3 Å². The second kappa shape index (κ2) is 5.50. The van der Waals surface area contributed by atoms with Crippen LogP contribution in [0.2, 0.25) is 0 Å². The molecule has 0 aliphatic carbocycles. The third kappa shape index (κ3) is 3.09. The van der Waals surface area contributed by atoms with Gasteiger partial charge in [-0.2, -0.15) is 0 Å². The highest BCUT2D eigenvalue weighted by molar-refractivity contribution is 5.69. The predicted octanol–water partition coefficient (Wildman–Crippen LogP) is 2.40. The summed E-state index contributed by atoms with van der Waals surface area (Å²) in [5.41, 5.74) is 2.28. The zero-order valence-corrected chi connectivity index (χ0v) is 10.8. The van der Waals surface area contributed by atoms with Gasteiger partial charge in [-0.3, -0.25) is 4.79 Å². The number of carbonyl (C=O) groups is 1. The SMILES string of the molecule is COC(=O)CCC1(C)OCc2ccccc2CO1. The van der Waals surface area contributed by atoms with E-state index in [-0.39, 0.29) is 5.97 Å². The zero-order valence-electron chi connectivity index (χ0n) is 10.8. The summed E-state index contributed by atoms with van der Waals surface area (Å²) >= 11 is 0. The number of hydrogen-bond acceptors (Lipinski definition) is 4. The summed E-state index contributed by atoms with van der Waals surface area (Å²) in [7, 11) is 1.38. The molecular formula is C14H18O4. The minimum Gasteiger partial charge on any atom is -0.469 e. The highest BCUT2D eigenvalue weighted by atomic mass is 16.7. The van der Waals surface area contributed by atoms with E-state index in [1.807, 2.05) is 31.2 Å². The fraction of sp³-hybridized carbons (Fsp3) is 0.500. The fourth-order valence-electron chi connectivity index (χ4n) is 1.92. The average Bonchev–Trinajstić information content (AvgIpc) is 2.57. The molecule has 4 heteroatoms. The van der Waals surface area contributed by atoms with Gasteiger partial charge in [0.2, 0.25) is 0 Å². The van der Waals surface area contributed by atoms with Crippen LogP contribution in [0.5, 0.6) is 0 Å². The van der Waals surface area contributed by atoms with Gasteiger partial charge in [-0.05, 0) is 18.1 Å². The topological polar surface area (TPSA) is 44.8 Å². The standard InChI is InChI=1S/C14H18O4/c1-14(8-7-13(15)16-2)17-9-11-5-3-4-6-12(11)10-18-14/h3-6H,7-10H2,1-2H3. The Balaban J connectivity index is 2.00. The van der Waals surface area contributed by atoms with Gasteiger partial charge < -0.3 is 14.2 Å². The van der Waals surface area contributed by atoms with Gasteiger partial charge in [-0.15, -0.1) is 0 Å². The molecule has 0 fully saturated rings. The number of esters is 1. The Morgan fingerprint density at radius 3 is 2.33 bits per heavy atom. The van der Waals surface area contributed by atoms with Gasteiger partial charge in [0.1, 0.15) is 0 Å². The summed E-state index contributed by atoms with van der Waals surface area (Å²) in [5, 5.41) is 0. The molecule has 98 valence electrons. The van der Waals surface area contributed by atoms with E-state index in [1.165, 1.54) is 7.11 Å². The lowest BCUT2D eigenvalue weighted by molar-refractivity contribution is -0.236. The molecular weight excluding hydrogens is 232 g/mol. The van der Waals surface area contributed by atoms with E-state index in [0.29, 0.717) is 26.1 Å². The van der Waals surface area contributed by atoms with Crippen LogP contribution in [0.25, 0.3) is 0 Å². The molecule has 0 atom stereocenters. The van der Waals surface area contributed by atoms with Crippen molar-refractivity contribution in [3.63, 3.8) is 0 Å². The zero-order chi connectivity index (χ0) is 13.0. The number of fused-ring (bicyclic) bond motifs is 1. The highest BCUT2D eigenvalue weighted by Gasteiger charge is 2.30. The molecule has 18 heavy (non-hydrogen) atoms. The monoisotopic (exact) mass is 250 g/mol. The molecule has 0 aromatic heterocycles. The molecule has 1 aromatic rings. The molecule has 0 spiro atoms. The van der Waals surface area contributed by atoms with Crippen molar-refractivity contribution in [2.75, 3.05) is 7.11 Å². The number of ether oxygens (including phenoxy) is 3. The largest absolute Gasteiger partial charge is 0.469 e. The molecule has 4 nitrogen and oxygen atoms in total. The lowest BCUT2D eigenvalue weighted by atomic mass is 10.1. The van der Waals surface area contributed by atoms with E-state index in [0.717, 1.165) is 11.1 Å². The summed E-state index contributed by atoms with van der Waals surface area (Å²) < 4.78 is 16.2. The van der Waals surface area contributed by atoms with Crippen molar-refractivity contribution in [1.82, 2.24) is 0 Å². The summed E-state index contributed by atoms with van der Waals surface area (Å²) in [5.74, 6) is -0.974. The first-order valence-electron chi connectivity index (χ1n) is 6.04. The van der Waals surface area contributed by atoms with Crippen LogP contribution in [0.15, 0.2) is 24.3 Å². The Morgan fingerprint density at radius 2 is 1.83 bits per heavy atom. The average molecular weight is 250 g/mol. The normalized spacial score (nSPS) is 17.7. The molecule has 1 heterocycles. The van der Waals surface area contributed by atoms with Crippen molar-refractivity contribution < 1.29 is 19.0 Å². The Kier molecular flexibility index (Phi) is 3.99. The van der Waals surface area contributed by atoms with Crippen LogP contribution < -0.4 is 0 Å². The van der Waals surface area contributed by atoms with Gasteiger partial charge >= 0.3 is 5.97 Å². The van der Waals surface area contributed by atoms with Gasteiger partial charge in [0, 0.05) is 6.42 Å². The van der Waals surface area contributed by atoms with Crippen molar-refractivity contribution >= 4 is 5.97 Å². The molecule has 1 aliphatic rings.